The summed E-state index contributed by atoms with van der Waals surface area (Å²) < 4.78 is 33.7. The summed E-state index contributed by atoms with van der Waals surface area (Å²) in [5.41, 5.74) is 2.72. The fourth-order valence-electron chi connectivity index (χ4n) is 5.06. The molecule has 1 aromatic carbocycles. The molecule has 4 heterocycles. The minimum atomic E-state index is -3.60. The number of amides is 2. The number of ether oxygens (including phenoxy) is 1. The highest BCUT2D eigenvalue weighted by molar-refractivity contribution is 7.89. The summed E-state index contributed by atoms with van der Waals surface area (Å²) in [5.74, 6) is -0.844. The first-order valence-corrected chi connectivity index (χ1v) is 15.4. The summed E-state index contributed by atoms with van der Waals surface area (Å²) in [7, 11) is -3.60. The number of sulfonamides is 1. The van der Waals surface area contributed by atoms with E-state index in [0.717, 1.165) is 23.3 Å². The summed E-state index contributed by atoms with van der Waals surface area (Å²) in [4.78, 5) is 41.9. The Kier molecular flexibility index (Phi) is 7.80. The molecular weight excluding hydrogens is 554 g/mol. The second-order valence-corrected chi connectivity index (χ2v) is 12.9. The van der Waals surface area contributed by atoms with Crippen molar-refractivity contribution in [2.75, 3.05) is 31.6 Å². The number of anilines is 1. The number of aromatic nitrogens is 2. The molecule has 2 aromatic heterocycles. The molecule has 0 radical (unpaired) electrons. The van der Waals surface area contributed by atoms with E-state index in [-0.39, 0.29) is 29.5 Å². The van der Waals surface area contributed by atoms with E-state index in [1.807, 2.05) is 0 Å². The van der Waals surface area contributed by atoms with Gasteiger partial charge in [-0.2, -0.15) is 9.40 Å². The summed E-state index contributed by atoms with van der Waals surface area (Å²) in [6.07, 6.45) is 1.66. The van der Waals surface area contributed by atoms with Crippen molar-refractivity contribution in [1.29, 1.82) is 0 Å². The fraction of sp³-hybridized carbons (Fsp3) is 0.407. The Bertz CT molecular complexity index is 1570. The van der Waals surface area contributed by atoms with Gasteiger partial charge in [0.15, 0.2) is 0 Å². The van der Waals surface area contributed by atoms with Crippen molar-refractivity contribution in [3.63, 3.8) is 0 Å². The first kappa shape index (κ1) is 28.0. The monoisotopic (exact) mass is 585 g/mol. The van der Waals surface area contributed by atoms with Gasteiger partial charge >= 0.3 is 6.09 Å². The summed E-state index contributed by atoms with van der Waals surface area (Å²) in [6, 6.07) is 7.60. The molecule has 40 heavy (non-hydrogen) atoms. The third-order valence-corrected chi connectivity index (χ3v) is 10.1. The molecule has 0 bridgehead atoms. The minimum Gasteiger partial charge on any atom is -0.450 e. The normalized spacial score (nSPS) is 15.6. The number of aryl methyl sites for hydroxylation is 2. The topological polar surface area (TPSA) is 131 Å². The number of hydrogen-bond donors (Lipinski definition) is 1. The third-order valence-electron chi connectivity index (χ3n) is 7.05. The highest BCUT2D eigenvalue weighted by Crippen LogP contribution is 2.38. The molecule has 3 aromatic rings. The first-order chi connectivity index (χ1) is 19.1. The Labute approximate surface area is 236 Å². The van der Waals surface area contributed by atoms with Crippen LogP contribution in [-0.4, -0.2) is 71.6 Å². The zero-order valence-corrected chi connectivity index (χ0v) is 24.2. The molecule has 2 aliphatic rings. The first-order valence-electron chi connectivity index (χ1n) is 13.2. The lowest BCUT2D eigenvalue weighted by Crippen LogP contribution is -2.36. The molecule has 13 heteroatoms. The quantitative estimate of drug-likeness (QED) is 0.466. The molecular formula is C27H31N5O6S2. The van der Waals surface area contributed by atoms with Gasteiger partial charge in [0.1, 0.15) is 5.00 Å². The number of benzene rings is 1. The van der Waals surface area contributed by atoms with E-state index >= 15 is 0 Å². The van der Waals surface area contributed by atoms with E-state index in [2.05, 4.69) is 10.4 Å². The molecule has 2 amide bonds. The number of carbonyl (C=O) groups excluding carboxylic acids is 3. The van der Waals surface area contributed by atoms with E-state index < -0.39 is 22.0 Å². The van der Waals surface area contributed by atoms with E-state index in [4.69, 9.17) is 4.74 Å². The number of nitrogens with zero attached hydrogens (tertiary/aromatic N) is 4. The number of nitrogens with one attached hydrogen (secondary N) is 1. The highest BCUT2D eigenvalue weighted by atomic mass is 32.2. The second kappa shape index (κ2) is 11.1. The maximum absolute atomic E-state index is 13.7. The van der Waals surface area contributed by atoms with Gasteiger partial charge in [-0.05, 0) is 75.9 Å². The zero-order valence-electron chi connectivity index (χ0n) is 22.6. The molecule has 0 unspecified atom stereocenters. The van der Waals surface area contributed by atoms with E-state index in [1.54, 1.807) is 31.7 Å². The van der Waals surface area contributed by atoms with Gasteiger partial charge in [-0.25, -0.2) is 17.9 Å². The number of carbonyl (C=O) groups is 3. The van der Waals surface area contributed by atoms with Crippen LogP contribution in [0.15, 0.2) is 35.2 Å². The Morgan fingerprint density at radius 3 is 2.40 bits per heavy atom. The Hall–Kier alpha value is -3.55. The van der Waals surface area contributed by atoms with Crippen LogP contribution in [0.2, 0.25) is 0 Å². The van der Waals surface area contributed by atoms with Crippen LogP contribution in [0, 0.1) is 13.8 Å². The predicted molar refractivity (Wildman–Crippen MR) is 149 cm³/mol. The molecule has 5 rings (SSSR count). The lowest BCUT2D eigenvalue weighted by Gasteiger charge is -2.26. The number of thiophene rings is 1. The average molecular weight is 586 g/mol. The molecule has 1 saturated heterocycles. The van der Waals surface area contributed by atoms with Crippen LogP contribution >= 0.6 is 11.3 Å². The minimum absolute atomic E-state index is 0.136. The van der Waals surface area contributed by atoms with Crippen molar-refractivity contribution >= 4 is 44.3 Å². The molecule has 0 spiro atoms. The van der Waals surface area contributed by atoms with Gasteiger partial charge in [0.05, 0.1) is 29.3 Å². The molecule has 1 fully saturated rings. The van der Waals surface area contributed by atoms with Crippen molar-refractivity contribution in [2.45, 2.75) is 51.5 Å². The lowest BCUT2D eigenvalue weighted by molar-refractivity contribution is 0.0941. The zero-order chi connectivity index (χ0) is 28.6. The maximum atomic E-state index is 13.7. The van der Waals surface area contributed by atoms with Crippen LogP contribution in [0.4, 0.5) is 9.80 Å². The summed E-state index contributed by atoms with van der Waals surface area (Å²) in [5, 5.41) is 7.56. The van der Waals surface area contributed by atoms with Crippen LogP contribution in [0.25, 0.3) is 0 Å². The lowest BCUT2D eigenvalue weighted by atomic mass is 10.0. The third kappa shape index (κ3) is 5.28. The highest BCUT2D eigenvalue weighted by Gasteiger charge is 2.32. The Balaban J connectivity index is 1.45. The standard InChI is InChI=1S/C27H31N5O6S2/c1-4-38-27(35)30-14-11-21-22(16-30)39-25(23(21)26(34)32-18(3)15-17(2)29-32)28-24(33)19-7-9-20(10-8-19)40(36,37)31-12-5-6-13-31/h7-10,15H,4-6,11-14,16H2,1-3H3,(H,28,33). The number of fused-ring (bicyclic) bond motifs is 1. The second-order valence-electron chi connectivity index (χ2n) is 9.81. The molecule has 0 atom stereocenters. The molecule has 0 saturated carbocycles. The van der Waals surface area contributed by atoms with Gasteiger partial charge in [-0.1, -0.05) is 0 Å². The van der Waals surface area contributed by atoms with Crippen molar-refractivity contribution in [3.05, 3.63) is 63.3 Å². The van der Waals surface area contributed by atoms with Crippen LogP contribution < -0.4 is 5.32 Å². The van der Waals surface area contributed by atoms with Crippen LogP contribution in [0.3, 0.4) is 0 Å². The van der Waals surface area contributed by atoms with E-state index in [0.29, 0.717) is 48.0 Å². The SMILES string of the molecule is CCOC(=O)N1CCc2c(sc(NC(=O)c3ccc(S(=O)(=O)N4CCCC4)cc3)c2C(=O)n2nc(C)cc2C)C1. The molecule has 212 valence electrons. The predicted octanol–water partition coefficient (Wildman–Crippen LogP) is 3.80. The molecule has 1 N–H and O–H groups in total. The van der Waals surface area contributed by atoms with Gasteiger partial charge in [-0.3, -0.25) is 9.59 Å². The Morgan fingerprint density at radius 1 is 1.07 bits per heavy atom. The van der Waals surface area contributed by atoms with E-state index in [9.17, 15) is 22.8 Å². The van der Waals surface area contributed by atoms with Crippen molar-refractivity contribution in [2.24, 2.45) is 0 Å². The van der Waals surface area contributed by atoms with Gasteiger partial charge in [0, 0.05) is 35.8 Å². The molecule has 2 aliphatic heterocycles. The number of rotatable bonds is 6. The van der Waals surface area contributed by atoms with Crippen molar-refractivity contribution in [1.82, 2.24) is 19.0 Å². The largest absolute Gasteiger partial charge is 0.450 e. The van der Waals surface area contributed by atoms with Crippen LogP contribution in [0.1, 0.15) is 62.3 Å². The Morgan fingerprint density at radius 2 is 1.77 bits per heavy atom. The number of hydrogen-bond acceptors (Lipinski definition) is 8. The van der Waals surface area contributed by atoms with Crippen molar-refractivity contribution in [3.8, 4) is 0 Å². The maximum Gasteiger partial charge on any atom is 0.410 e. The summed E-state index contributed by atoms with van der Waals surface area (Å²) >= 11 is 1.24. The van der Waals surface area contributed by atoms with Gasteiger partial charge in [0.2, 0.25) is 10.0 Å². The van der Waals surface area contributed by atoms with Crippen molar-refractivity contribution < 1.29 is 27.5 Å². The average Bonchev–Trinajstić information content (AvgIpc) is 3.67. The van der Waals surface area contributed by atoms with Crippen LogP contribution in [-0.2, 0) is 27.7 Å². The molecule has 0 aliphatic carbocycles. The van der Waals surface area contributed by atoms with Gasteiger partial charge < -0.3 is 15.0 Å². The molecule has 11 nitrogen and oxygen atoms in total. The van der Waals surface area contributed by atoms with Gasteiger partial charge in [-0.15, -0.1) is 11.3 Å². The summed E-state index contributed by atoms with van der Waals surface area (Å²) in [6.45, 7) is 7.21. The van der Waals surface area contributed by atoms with Crippen LogP contribution in [0.5, 0.6) is 0 Å². The van der Waals surface area contributed by atoms with Gasteiger partial charge in [0.25, 0.3) is 11.8 Å². The smallest absolute Gasteiger partial charge is 0.410 e. The fourth-order valence-corrected chi connectivity index (χ4v) is 7.83. The van der Waals surface area contributed by atoms with E-state index in [1.165, 1.54) is 44.6 Å².